The van der Waals surface area contributed by atoms with E-state index in [2.05, 4.69) is 5.16 Å². The van der Waals surface area contributed by atoms with Gasteiger partial charge in [-0.3, -0.25) is 0 Å². The molecule has 1 unspecified atom stereocenters. The Hall–Kier alpha value is -3.56. The number of fused-ring (bicyclic) bond motifs is 1. The number of carboxylic acids is 1. The monoisotopic (exact) mass is 467 g/mol. The summed E-state index contributed by atoms with van der Waals surface area (Å²) in [6.45, 7) is 1.26. The van der Waals surface area contributed by atoms with E-state index < -0.39 is 41.5 Å². The van der Waals surface area contributed by atoms with E-state index >= 15 is 0 Å². The van der Waals surface area contributed by atoms with Crippen LogP contribution in [0.5, 0.6) is 0 Å². The van der Waals surface area contributed by atoms with Crippen molar-refractivity contribution in [2.75, 3.05) is 0 Å². The minimum atomic E-state index is -5.09. The molecule has 0 amide bonds. The van der Waals surface area contributed by atoms with Gasteiger partial charge in [0.25, 0.3) is 5.60 Å². The molecule has 10 heteroatoms. The van der Waals surface area contributed by atoms with Crippen LogP contribution in [0.3, 0.4) is 0 Å². The Balaban J connectivity index is 1.85. The summed E-state index contributed by atoms with van der Waals surface area (Å²) in [5, 5.41) is 13.6. The van der Waals surface area contributed by atoms with Gasteiger partial charge in [-0.05, 0) is 35.9 Å². The third-order valence-electron chi connectivity index (χ3n) is 5.52. The lowest BCUT2D eigenvalue weighted by atomic mass is 9.84. The summed E-state index contributed by atoms with van der Waals surface area (Å²) in [6, 6.07) is 10.9. The van der Waals surface area contributed by atoms with Crippen LogP contribution in [0, 0.1) is 6.92 Å². The summed E-state index contributed by atoms with van der Waals surface area (Å²) >= 11 is 0. The number of rotatable bonds is 3. The average molecular weight is 467 g/mol. The number of carboxylic acid groups (broad SMARTS) is 1. The van der Waals surface area contributed by atoms with Crippen molar-refractivity contribution in [3.05, 3.63) is 82.4 Å². The first-order chi connectivity index (χ1) is 15.3. The zero-order valence-electron chi connectivity index (χ0n) is 16.9. The fourth-order valence-corrected chi connectivity index (χ4v) is 3.97. The first kappa shape index (κ1) is 22.6. The Kier molecular flexibility index (Phi) is 5.14. The van der Waals surface area contributed by atoms with Gasteiger partial charge in [0.2, 0.25) is 0 Å². The highest BCUT2D eigenvalue weighted by molar-refractivity contribution is 6.15. The fraction of sp³-hybridized carbons (Fsp3) is 0.217. The van der Waals surface area contributed by atoms with Crippen LogP contribution in [-0.2, 0) is 16.6 Å². The molecule has 0 bridgehead atoms. The van der Waals surface area contributed by atoms with Gasteiger partial charge in [-0.1, -0.05) is 47.1 Å². The van der Waals surface area contributed by atoms with E-state index in [1.807, 2.05) is 0 Å². The second-order valence-electron chi connectivity index (χ2n) is 7.73. The molecule has 4 nitrogen and oxygen atoms in total. The number of alkyl halides is 6. The Morgan fingerprint density at radius 3 is 2.27 bits per heavy atom. The van der Waals surface area contributed by atoms with Gasteiger partial charge in [0, 0.05) is 17.5 Å². The van der Waals surface area contributed by atoms with Crippen LogP contribution < -0.4 is 0 Å². The van der Waals surface area contributed by atoms with E-state index in [4.69, 9.17) is 4.84 Å². The topological polar surface area (TPSA) is 58.9 Å². The van der Waals surface area contributed by atoms with Gasteiger partial charge in [-0.15, -0.1) is 0 Å². The maximum Gasteiger partial charge on any atom is 0.435 e. The number of carbonyl (C=O) groups is 1. The number of hydrogen-bond acceptors (Lipinski definition) is 3. The number of halogens is 6. The normalized spacial score (nSPS) is 18.8. The Morgan fingerprint density at radius 1 is 1.00 bits per heavy atom. The molecule has 0 saturated carbocycles. The molecule has 1 aliphatic rings. The van der Waals surface area contributed by atoms with E-state index in [0.29, 0.717) is 11.5 Å². The van der Waals surface area contributed by atoms with E-state index in [0.717, 1.165) is 12.1 Å². The van der Waals surface area contributed by atoms with E-state index in [1.165, 1.54) is 31.2 Å². The van der Waals surface area contributed by atoms with Gasteiger partial charge >= 0.3 is 18.3 Å². The van der Waals surface area contributed by atoms with Crippen LogP contribution in [0.25, 0.3) is 10.8 Å². The van der Waals surface area contributed by atoms with Crippen molar-refractivity contribution in [2.45, 2.75) is 31.3 Å². The molecule has 0 radical (unpaired) electrons. The maximum absolute atomic E-state index is 14.3. The molecule has 3 aromatic carbocycles. The number of benzene rings is 3. The summed E-state index contributed by atoms with van der Waals surface area (Å²) in [5.74, 6) is -1.22. The molecule has 1 aliphatic heterocycles. The van der Waals surface area contributed by atoms with Crippen LogP contribution in [0.2, 0.25) is 0 Å². The lowest BCUT2D eigenvalue weighted by Crippen LogP contribution is -2.43. The van der Waals surface area contributed by atoms with Gasteiger partial charge in [-0.2, -0.15) is 26.3 Å². The van der Waals surface area contributed by atoms with E-state index in [9.17, 15) is 36.2 Å². The predicted octanol–water partition coefficient (Wildman–Crippen LogP) is 6.45. The number of hydrogen-bond donors (Lipinski definition) is 1. The van der Waals surface area contributed by atoms with Gasteiger partial charge in [0.1, 0.15) is 0 Å². The Labute approximate surface area is 183 Å². The molecule has 0 aliphatic carbocycles. The average Bonchev–Trinajstić information content (AvgIpc) is 3.18. The second-order valence-corrected chi connectivity index (χ2v) is 7.73. The van der Waals surface area contributed by atoms with Crippen LogP contribution in [0.15, 0.2) is 59.8 Å². The molecular formula is C23H15F6NO3. The van der Waals surface area contributed by atoms with Crippen molar-refractivity contribution >= 4 is 22.5 Å². The first-order valence-corrected chi connectivity index (χ1v) is 9.60. The van der Waals surface area contributed by atoms with Crippen LogP contribution in [0.4, 0.5) is 26.3 Å². The van der Waals surface area contributed by atoms with Gasteiger partial charge in [0.05, 0.1) is 16.8 Å². The standard InChI is InChI=1S/C23H15F6NO3/c1-12-8-13(10-14(9-12)22(24,25)26)21(23(27,28)29)11-19(30-33-21)17-6-7-18(20(31)32)16-5-3-2-4-15(16)17/h2-10H,11H2,1H3,(H,31,32). The molecule has 1 atom stereocenters. The molecule has 0 aromatic heterocycles. The minimum absolute atomic E-state index is 0.0169. The van der Waals surface area contributed by atoms with Gasteiger partial charge in [-0.25, -0.2) is 4.79 Å². The quantitative estimate of drug-likeness (QED) is 0.451. The lowest BCUT2D eigenvalue weighted by Gasteiger charge is -2.30. The smallest absolute Gasteiger partial charge is 0.435 e. The van der Waals surface area contributed by atoms with Crippen LogP contribution in [0.1, 0.15) is 39.0 Å². The van der Waals surface area contributed by atoms with Crippen molar-refractivity contribution < 1.29 is 41.1 Å². The van der Waals surface area contributed by atoms with Crippen LogP contribution >= 0.6 is 0 Å². The fourth-order valence-electron chi connectivity index (χ4n) is 3.97. The highest BCUT2D eigenvalue weighted by Gasteiger charge is 2.62. The number of aryl methyl sites for hydroxylation is 1. The third-order valence-corrected chi connectivity index (χ3v) is 5.52. The maximum atomic E-state index is 14.3. The SMILES string of the molecule is Cc1cc(C(F)(F)F)cc(C2(C(F)(F)F)CC(c3ccc(C(=O)O)c4ccccc34)=NO2)c1. The molecule has 0 saturated heterocycles. The van der Waals surface area contributed by atoms with Crippen LogP contribution in [-0.4, -0.2) is 23.0 Å². The minimum Gasteiger partial charge on any atom is -0.478 e. The number of aromatic carboxylic acids is 1. The highest BCUT2D eigenvalue weighted by atomic mass is 19.4. The largest absolute Gasteiger partial charge is 0.478 e. The van der Waals surface area contributed by atoms with E-state index in [1.54, 1.807) is 12.1 Å². The summed E-state index contributed by atoms with van der Waals surface area (Å²) in [6.07, 6.45) is -10.8. The first-order valence-electron chi connectivity index (χ1n) is 9.60. The van der Waals surface area contributed by atoms with Crippen molar-refractivity contribution in [2.24, 2.45) is 5.16 Å². The summed E-state index contributed by atoms with van der Waals surface area (Å²) in [5.41, 5.74) is -5.09. The van der Waals surface area contributed by atoms with Gasteiger partial charge < -0.3 is 9.94 Å². The summed E-state index contributed by atoms with van der Waals surface area (Å²) in [4.78, 5) is 16.4. The lowest BCUT2D eigenvalue weighted by molar-refractivity contribution is -0.276. The molecule has 1 N–H and O–H groups in total. The molecule has 0 fully saturated rings. The van der Waals surface area contributed by atoms with E-state index in [-0.39, 0.29) is 27.8 Å². The molecular weight excluding hydrogens is 452 g/mol. The predicted molar refractivity (Wildman–Crippen MR) is 107 cm³/mol. The third kappa shape index (κ3) is 3.79. The van der Waals surface area contributed by atoms with Crippen molar-refractivity contribution in [1.29, 1.82) is 0 Å². The Bertz CT molecular complexity index is 1300. The molecule has 0 spiro atoms. The van der Waals surface area contributed by atoms with Gasteiger partial charge in [0.15, 0.2) is 0 Å². The molecule has 172 valence electrons. The summed E-state index contributed by atoms with van der Waals surface area (Å²) in [7, 11) is 0. The highest BCUT2D eigenvalue weighted by Crippen LogP contribution is 2.50. The van der Waals surface area contributed by atoms with Crippen molar-refractivity contribution in [3.63, 3.8) is 0 Å². The number of nitrogens with zero attached hydrogens (tertiary/aromatic N) is 1. The summed E-state index contributed by atoms with van der Waals surface area (Å²) < 4.78 is 82.7. The number of oxime groups is 1. The zero-order valence-corrected chi connectivity index (χ0v) is 16.9. The zero-order chi connectivity index (χ0) is 24.2. The Morgan fingerprint density at radius 2 is 1.67 bits per heavy atom. The second kappa shape index (κ2) is 7.50. The van der Waals surface area contributed by atoms with Crippen molar-refractivity contribution in [1.82, 2.24) is 0 Å². The molecule has 3 aromatic rings. The molecule has 1 heterocycles. The van der Waals surface area contributed by atoms with Crippen molar-refractivity contribution in [3.8, 4) is 0 Å². The molecule has 33 heavy (non-hydrogen) atoms. The molecule has 4 rings (SSSR count).